The maximum Gasteiger partial charge on any atom is 0.262 e. The lowest BCUT2D eigenvalue weighted by Crippen LogP contribution is -2.19. The van der Waals surface area contributed by atoms with Gasteiger partial charge in [-0.15, -0.1) is 0 Å². The minimum absolute atomic E-state index is 0.109. The third kappa shape index (κ3) is 2.38. The average molecular weight is 233 g/mol. The molecule has 0 aliphatic rings. The third-order valence-electron chi connectivity index (χ3n) is 1.79. The summed E-state index contributed by atoms with van der Waals surface area (Å²) in [6.07, 6.45) is 0. The molecular formula is C8H11NO5S. The van der Waals surface area contributed by atoms with Crippen molar-refractivity contribution in [2.45, 2.75) is 4.90 Å². The summed E-state index contributed by atoms with van der Waals surface area (Å²) in [4.78, 5) is 1.11. The highest BCUT2D eigenvalue weighted by molar-refractivity contribution is 7.89. The normalized spacial score (nSPS) is 11.1. The second-order valence-electron chi connectivity index (χ2n) is 2.61. The molecule has 1 aromatic rings. The van der Waals surface area contributed by atoms with Crippen molar-refractivity contribution in [2.75, 3.05) is 14.2 Å². The molecule has 1 rings (SSSR count). The van der Waals surface area contributed by atoms with Crippen molar-refractivity contribution >= 4 is 10.0 Å². The van der Waals surface area contributed by atoms with Crippen molar-refractivity contribution in [1.29, 1.82) is 0 Å². The first-order valence-electron chi connectivity index (χ1n) is 3.93. The molecule has 0 unspecified atom stereocenters. The summed E-state index contributed by atoms with van der Waals surface area (Å²) in [5.41, 5.74) is 0. The third-order valence-corrected chi connectivity index (χ3v) is 2.90. The van der Waals surface area contributed by atoms with E-state index >= 15 is 0 Å². The minimum Gasteiger partial charge on any atom is -0.493 e. The Morgan fingerprint density at radius 2 is 1.80 bits per heavy atom. The number of methoxy groups -OCH3 is 2. The first-order valence-corrected chi connectivity index (χ1v) is 5.41. The van der Waals surface area contributed by atoms with Gasteiger partial charge in [-0.05, 0) is 12.1 Å². The summed E-state index contributed by atoms with van der Waals surface area (Å²) in [7, 11) is -1.06. The first-order chi connectivity index (χ1) is 7.05. The second-order valence-corrected chi connectivity index (χ2v) is 4.27. The van der Waals surface area contributed by atoms with Crippen LogP contribution in [0, 0.1) is 0 Å². The molecule has 7 heteroatoms. The van der Waals surface area contributed by atoms with Gasteiger partial charge in [0.25, 0.3) is 10.0 Å². The number of benzene rings is 1. The molecule has 0 radical (unpaired) electrons. The number of sulfonamides is 1. The lowest BCUT2D eigenvalue weighted by atomic mass is 10.3. The monoisotopic (exact) mass is 233 g/mol. The highest BCUT2D eigenvalue weighted by atomic mass is 32.2. The Morgan fingerprint density at radius 1 is 1.20 bits per heavy atom. The molecule has 0 saturated heterocycles. The van der Waals surface area contributed by atoms with Crippen molar-refractivity contribution in [3.05, 3.63) is 18.2 Å². The Kier molecular flexibility index (Phi) is 3.51. The summed E-state index contributed by atoms with van der Waals surface area (Å²) in [6.45, 7) is 0. The van der Waals surface area contributed by atoms with Crippen LogP contribution in [0.4, 0.5) is 0 Å². The molecule has 0 aliphatic heterocycles. The van der Waals surface area contributed by atoms with E-state index in [0.717, 1.165) is 0 Å². The quantitative estimate of drug-likeness (QED) is 0.734. The molecule has 0 fully saturated rings. The van der Waals surface area contributed by atoms with Gasteiger partial charge in [0.05, 0.1) is 19.1 Å². The average Bonchev–Trinajstić information content (AvgIpc) is 2.28. The highest BCUT2D eigenvalue weighted by Gasteiger charge is 2.15. The maximum atomic E-state index is 11.2. The van der Waals surface area contributed by atoms with E-state index in [9.17, 15) is 8.42 Å². The fourth-order valence-corrected chi connectivity index (χ4v) is 1.65. The van der Waals surface area contributed by atoms with Crippen molar-refractivity contribution in [2.24, 2.45) is 0 Å². The van der Waals surface area contributed by atoms with Crippen LogP contribution < -0.4 is 14.4 Å². The molecule has 2 N–H and O–H groups in total. The Hall–Kier alpha value is -1.31. The zero-order chi connectivity index (χ0) is 11.5. The zero-order valence-corrected chi connectivity index (χ0v) is 9.04. The van der Waals surface area contributed by atoms with Gasteiger partial charge in [0.15, 0.2) is 11.5 Å². The molecule has 84 valence electrons. The van der Waals surface area contributed by atoms with Gasteiger partial charge in [0.1, 0.15) is 0 Å². The van der Waals surface area contributed by atoms with Crippen molar-refractivity contribution < 1.29 is 23.1 Å². The van der Waals surface area contributed by atoms with E-state index in [4.69, 9.17) is 14.7 Å². The summed E-state index contributed by atoms with van der Waals surface area (Å²) < 4.78 is 32.3. The lowest BCUT2D eigenvalue weighted by molar-refractivity contribution is 0.242. The molecule has 0 spiro atoms. The predicted octanol–water partition coefficient (Wildman–Crippen LogP) is 0.371. The number of hydrogen-bond donors (Lipinski definition) is 2. The van der Waals surface area contributed by atoms with E-state index < -0.39 is 10.0 Å². The fourth-order valence-electron chi connectivity index (χ4n) is 1.04. The van der Waals surface area contributed by atoms with Crippen LogP contribution in [0.15, 0.2) is 23.1 Å². The summed E-state index contributed by atoms with van der Waals surface area (Å²) in [5, 5.41) is 8.43. The van der Waals surface area contributed by atoms with Crippen LogP contribution in [0.2, 0.25) is 0 Å². The largest absolute Gasteiger partial charge is 0.493 e. The van der Waals surface area contributed by atoms with E-state index in [1.807, 2.05) is 0 Å². The van der Waals surface area contributed by atoms with Gasteiger partial charge in [-0.1, -0.05) is 4.89 Å². The van der Waals surface area contributed by atoms with Crippen LogP contribution in [-0.2, 0) is 10.0 Å². The standard InChI is InChI=1S/C8H11NO5S/c1-13-7-4-3-6(5-8(7)14-2)15(11,12)9-10/h3-5,9-10H,1-2H3. The lowest BCUT2D eigenvalue weighted by Gasteiger charge is -2.08. The topological polar surface area (TPSA) is 84.9 Å². The predicted molar refractivity (Wildman–Crippen MR) is 51.7 cm³/mol. The highest BCUT2D eigenvalue weighted by Crippen LogP contribution is 2.29. The van der Waals surface area contributed by atoms with Crippen LogP contribution in [0.25, 0.3) is 0 Å². The molecule has 1 aromatic carbocycles. The molecule has 0 aromatic heterocycles. The molecule has 0 amide bonds. The molecule has 0 saturated carbocycles. The maximum absolute atomic E-state index is 11.2. The molecule has 15 heavy (non-hydrogen) atoms. The molecule has 0 bridgehead atoms. The number of rotatable bonds is 4. The molecule has 0 heterocycles. The van der Waals surface area contributed by atoms with E-state index in [2.05, 4.69) is 0 Å². The van der Waals surface area contributed by atoms with Crippen LogP contribution in [0.5, 0.6) is 11.5 Å². The van der Waals surface area contributed by atoms with Gasteiger partial charge < -0.3 is 14.7 Å². The number of nitrogens with one attached hydrogen (secondary N) is 1. The van der Waals surface area contributed by atoms with Gasteiger partial charge in [-0.25, -0.2) is 8.42 Å². The van der Waals surface area contributed by atoms with Crippen molar-refractivity contribution in [3.8, 4) is 11.5 Å². The summed E-state index contributed by atoms with van der Waals surface area (Å²) in [6, 6.07) is 3.97. The molecule has 6 nitrogen and oxygen atoms in total. The number of ether oxygens (including phenoxy) is 2. The summed E-state index contributed by atoms with van der Waals surface area (Å²) >= 11 is 0. The second kappa shape index (κ2) is 4.47. The van der Waals surface area contributed by atoms with Gasteiger partial charge in [-0.3, -0.25) is 0 Å². The van der Waals surface area contributed by atoms with Crippen molar-refractivity contribution in [3.63, 3.8) is 0 Å². The van der Waals surface area contributed by atoms with Crippen LogP contribution in [0.3, 0.4) is 0 Å². The van der Waals surface area contributed by atoms with Crippen LogP contribution in [-0.4, -0.2) is 27.8 Å². The zero-order valence-electron chi connectivity index (χ0n) is 8.22. The molecule has 0 atom stereocenters. The van der Waals surface area contributed by atoms with Gasteiger partial charge in [-0.2, -0.15) is 0 Å². The molecular weight excluding hydrogens is 222 g/mol. The van der Waals surface area contributed by atoms with E-state index in [0.29, 0.717) is 5.75 Å². The molecule has 0 aliphatic carbocycles. The Balaban J connectivity index is 3.26. The van der Waals surface area contributed by atoms with E-state index in [1.165, 1.54) is 37.3 Å². The van der Waals surface area contributed by atoms with Crippen molar-refractivity contribution in [1.82, 2.24) is 4.89 Å². The Bertz CT molecular complexity index is 442. The van der Waals surface area contributed by atoms with Crippen LogP contribution in [0.1, 0.15) is 0 Å². The first kappa shape index (κ1) is 11.8. The number of hydrogen-bond acceptors (Lipinski definition) is 5. The van der Waals surface area contributed by atoms with Gasteiger partial charge in [0, 0.05) is 6.07 Å². The van der Waals surface area contributed by atoms with Crippen LogP contribution >= 0.6 is 0 Å². The van der Waals surface area contributed by atoms with Gasteiger partial charge >= 0.3 is 0 Å². The van der Waals surface area contributed by atoms with E-state index in [-0.39, 0.29) is 10.6 Å². The Morgan fingerprint density at radius 3 is 2.27 bits per heavy atom. The van der Waals surface area contributed by atoms with E-state index in [1.54, 1.807) is 0 Å². The fraction of sp³-hybridized carbons (Fsp3) is 0.250. The smallest absolute Gasteiger partial charge is 0.262 e. The SMILES string of the molecule is COc1ccc(S(=O)(=O)NO)cc1OC. The Labute approximate surface area is 87.4 Å². The minimum atomic E-state index is -3.89. The van der Waals surface area contributed by atoms with Gasteiger partial charge in [0.2, 0.25) is 0 Å². The summed E-state index contributed by atoms with van der Waals surface area (Å²) in [5.74, 6) is 0.684.